The van der Waals surface area contributed by atoms with E-state index in [1.807, 2.05) is 19.0 Å². The van der Waals surface area contributed by atoms with Crippen LogP contribution >= 0.6 is 0 Å². The highest BCUT2D eigenvalue weighted by Crippen LogP contribution is 2.21. The number of carboxylic acid groups (broad SMARTS) is 1. The summed E-state index contributed by atoms with van der Waals surface area (Å²) in [5.41, 5.74) is 1.46. The van der Waals surface area contributed by atoms with E-state index < -0.39 is 5.97 Å². The van der Waals surface area contributed by atoms with Crippen molar-refractivity contribution in [3.05, 3.63) is 35.5 Å². The average Bonchev–Trinajstić information content (AvgIpc) is 2.97. The van der Waals surface area contributed by atoms with Crippen LogP contribution in [0.1, 0.15) is 33.7 Å². The van der Waals surface area contributed by atoms with Gasteiger partial charge in [0.1, 0.15) is 5.69 Å². The molecule has 1 fully saturated rings. The maximum Gasteiger partial charge on any atom is 0.352 e. The third kappa shape index (κ3) is 3.07. The number of H-pyrrole nitrogens is 1. The summed E-state index contributed by atoms with van der Waals surface area (Å²) in [6.45, 7) is 1.51. The lowest BCUT2D eigenvalue weighted by Crippen LogP contribution is -2.47. The Morgan fingerprint density at radius 1 is 1.30 bits per heavy atom. The Morgan fingerprint density at radius 2 is 2.09 bits per heavy atom. The molecule has 0 spiro atoms. The number of rotatable bonds is 3. The number of likely N-dealkylation sites (tertiary alicyclic amines) is 1. The Hall–Kier alpha value is -2.34. The standard InChI is InChI=1S/C17H21N3O3/c1-19(2)13-4-3-7-20(10-13)16(21)11-5-6-14-12(8-11)9-15(18-14)17(22)23/h5-6,8-9,13,18H,3-4,7,10H2,1-2H3,(H,22,23). The highest BCUT2D eigenvalue weighted by Gasteiger charge is 2.25. The molecule has 1 aromatic heterocycles. The molecule has 2 N–H and O–H groups in total. The molecule has 1 aliphatic rings. The van der Waals surface area contributed by atoms with Crippen molar-refractivity contribution >= 4 is 22.8 Å². The molecule has 0 bridgehead atoms. The molecule has 0 radical (unpaired) electrons. The average molecular weight is 315 g/mol. The third-order valence-electron chi connectivity index (χ3n) is 4.51. The number of likely N-dealkylation sites (N-methyl/N-ethyl adjacent to an activating group) is 1. The number of nitrogens with one attached hydrogen (secondary N) is 1. The lowest BCUT2D eigenvalue weighted by Gasteiger charge is -2.36. The molecule has 2 aromatic rings. The molecule has 1 aliphatic heterocycles. The second-order valence-corrected chi connectivity index (χ2v) is 6.30. The summed E-state index contributed by atoms with van der Waals surface area (Å²) in [4.78, 5) is 30.6. The van der Waals surface area contributed by atoms with Gasteiger partial charge in [0.05, 0.1) is 0 Å². The smallest absolute Gasteiger partial charge is 0.352 e. The summed E-state index contributed by atoms with van der Waals surface area (Å²) in [5.74, 6) is -0.990. The molecule has 1 atom stereocenters. The second-order valence-electron chi connectivity index (χ2n) is 6.30. The van der Waals surface area contributed by atoms with Crippen molar-refractivity contribution < 1.29 is 14.7 Å². The van der Waals surface area contributed by atoms with Crippen LogP contribution in [0, 0.1) is 0 Å². The van der Waals surface area contributed by atoms with E-state index in [9.17, 15) is 9.59 Å². The minimum atomic E-state index is -1.00. The van der Waals surface area contributed by atoms with E-state index in [1.165, 1.54) is 0 Å². The van der Waals surface area contributed by atoms with Crippen LogP contribution < -0.4 is 0 Å². The van der Waals surface area contributed by atoms with Crippen molar-refractivity contribution in [3.8, 4) is 0 Å². The summed E-state index contributed by atoms with van der Waals surface area (Å²) in [7, 11) is 4.08. The van der Waals surface area contributed by atoms with E-state index in [4.69, 9.17) is 5.11 Å². The van der Waals surface area contributed by atoms with Crippen molar-refractivity contribution in [1.82, 2.24) is 14.8 Å². The Balaban J connectivity index is 1.84. The SMILES string of the molecule is CN(C)C1CCCN(C(=O)c2ccc3[nH]c(C(=O)O)cc3c2)C1. The number of aromatic amines is 1. The third-order valence-corrected chi connectivity index (χ3v) is 4.51. The molecule has 6 heteroatoms. The quantitative estimate of drug-likeness (QED) is 0.908. The number of piperidine rings is 1. The zero-order chi connectivity index (χ0) is 16.6. The fraction of sp³-hybridized carbons (Fsp3) is 0.412. The van der Waals surface area contributed by atoms with Gasteiger partial charge in [0.2, 0.25) is 0 Å². The number of hydrogen-bond acceptors (Lipinski definition) is 3. The summed E-state index contributed by atoms with van der Waals surface area (Å²) in [6, 6.07) is 7.24. The van der Waals surface area contributed by atoms with Gasteiger partial charge >= 0.3 is 5.97 Å². The van der Waals surface area contributed by atoms with Gasteiger partial charge in [0, 0.05) is 35.6 Å². The van der Waals surface area contributed by atoms with Gasteiger partial charge in [0.25, 0.3) is 5.91 Å². The lowest BCUT2D eigenvalue weighted by molar-refractivity contribution is 0.0634. The molecule has 6 nitrogen and oxygen atoms in total. The summed E-state index contributed by atoms with van der Waals surface area (Å²) in [6.07, 6.45) is 2.11. The Morgan fingerprint density at radius 3 is 2.78 bits per heavy atom. The van der Waals surface area contributed by atoms with Crippen molar-refractivity contribution in [1.29, 1.82) is 0 Å². The van der Waals surface area contributed by atoms with E-state index >= 15 is 0 Å². The first-order chi connectivity index (χ1) is 11.0. The van der Waals surface area contributed by atoms with E-state index in [0.29, 0.717) is 11.6 Å². The van der Waals surface area contributed by atoms with Crippen LogP contribution in [0.4, 0.5) is 0 Å². The number of aromatic nitrogens is 1. The molecule has 0 aliphatic carbocycles. The molecule has 23 heavy (non-hydrogen) atoms. The van der Waals surface area contributed by atoms with Crippen LogP contribution in [0.3, 0.4) is 0 Å². The molecular weight excluding hydrogens is 294 g/mol. The molecular formula is C17H21N3O3. The number of benzene rings is 1. The highest BCUT2D eigenvalue weighted by atomic mass is 16.4. The van der Waals surface area contributed by atoms with Gasteiger partial charge in [0.15, 0.2) is 0 Å². The first-order valence-electron chi connectivity index (χ1n) is 7.77. The molecule has 1 aromatic carbocycles. The van der Waals surface area contributed by atoms with Crippen LogP contribution in [0.15, 0.2) is 24.3 Å². The zero-order valence-electron chi connectivity index (χ0n) is 13.4. The second kappa shape index (κ2) is 6.04. The number of nitrogens with zero attached hydrogens (tertiary/aromatic N) is 2. The molecule has 1 saturated heterocycles. The number of fused-ring (bicyclic) bond motifs is 1. The lowest BCUT2D eigenvalue weighted by atomic mass is 10.0. The van der Waals surface area contributed by atoms with E-state index in [-0.39, 0.29) is 11.6 Å². The van der Waals surface area contributed by atoms with Gasteiger partial charge in [-0.2, -0.15) is 0 Å². The van der Waals surface area contributed by atoms with Gasteiger partial charge in [-0.15, -0.1) is 0 Å². The van der Waals surface area contributed by atoms with Crippen LogP contribution in [0.2, 0.25) is 0 Å². The number of carboxylic acids is 1. The normalized spacial score (nSPS) is 18.6. The van der Waals surface area contributed by atoms with Gasteiger partial charge in [-0.05, 0) is 51.2 Å². The summed E-state index contributed by atoms with van der Waals surface area (Å²) in [5, 5.41) is 9.78. The summed E-state index contributed by atoms with van der Waals surface area (Å²) < 4.78 is 0. The predicted molar refractivity (Wildman–Crippen MR) is 87.9 cm³/mol. The Kier molecular flexibility index (Phi) is 4.09. The maximum absolute atomic E-state index is 12.7. The van der Waals surface area contributed by atoms with Gasteiger partial charge in [-0.3, -0.25) is 4.79 Å². The fourth-order valence-corrected chi connectivity index (χ4v) is 3.12. The predicted octanol–water partition coefficient (Wildman–Crippen LogP) is 2.03. The van der Waals surface area contributed by atoms with E-state index in [0.717, 1.165) is 36.8 Å². The van der Waals surface area contributed by atoms with Crippen molar-refractivity contribution in [2.24, 2.45) is 0 Å². The number of aromatic carboxylic acids is 1. The van der Waals surface area contributed by atoms with Gasteiger partial charge in [-0.1, -0.05) is 0 Å². The largest absolute Gasteiger partial charge is 0.477 e. The van der Waals surface area contributed by atoms with Gasteiger partial charge in [-0.25, -0.2) is 4.79 Å². The van der Waals surface area contributed by atoms with Crippen molar-refractivity contribution in [3.63, 3.8) is 0 Å². The monoisotopic (exact) mass is 315 g/mol. The molecule has 0 saturated carbocycles. The zero-order valence-corrected chi connectivity index (χ0v) is 13.4. The molecule has 122 valence electrons. The van der Waals surface area contributed by atoms with Crippen molar-refractivity contribution in [2.75, 3.05) is 27.2 Å². The minimum Gasteiger partial charge on any atom is -0.477 e. The summed E-state index contributed by atoms with van der Waals surface area (Å²) >= 11 is 0. The van der Waals surface area contributed by atoms with Crippen LogP contribution in [0.5, 0.6) is 0 Å². The first kappa shape index (κ1) is 15.6. The van der Waals surface area contributed by atoms with E-state index in [1.54, 1.807) is 24.3 Å². The maximum atomic E-state index is 12.7. The van der Waals surface area contributed by atoms with Crippen LogP contribution in [-0.4, -0.2) is 65.0 Å². The number of carbonyl (C=O) groups excluding carboxylic acids is 1. The highest BCUT2D eigenvalue weighted by molar-refractivity contribution is 6.00. The Bertz CT molecular complexity index is 751. The molecule has 3 rings (SSSR count). The molecule has 1 unspecified atom stereocenters. The number of amides is 1. The minimum absolute atomic E-state index is 0.0107. The van der Waals surface area contributed by atoms with E-state index in [2.05, 4.69) is 9.88 Å². The number of hydrogen-bond donors (Lipinski definition) is 2. The topological polar surface area (TPSA) is 76.6 Å². The first-order valence-corrected chi connectivity index (χ1v) is 7.77. The van der Waals surface area contributed by atoms with Gasteiger partial charge < -0.3 is 19.9 Å². The number of carbonyl (C=O) groups is 2. The fourth-order valence-electron chi connectivity index (χ4n) is 3.12. The van der Waals surface area contributed by atoms with Crippen LogP contribution in [-0.2, 0) is 0 Å². The molecule has 2 heterocycles. The Labute approximate surface area is 134 Å². The van der Waals surface area contributed by atoms with Crippen LogP contribution in [0.25, 0.3) is 10.9 Å². The molecule has 1 amide bonds. The van der Waals surface area contributed by atoms with Crippen molar-refractivity contribution in [2.45, 2.75) is 18.9 Å².